The number of carbonyl (C=O) groups excluding carboxylic acids is 2. The molecule has 2 aliphatic heterocycles. The second-order valence-electron chi connectivity index (χ2n) is 8.86. The lowest BCUT2D eigenvalue weighted by atomic mass is 9.78. The Morgan fingerprint density at radius 3 is 2.39 bits per heavy atom. The van der Waals surface area contributed by atoms with Crippen LogP contribution >= 0.6 is 23.2 Å². The van der Waals surface area contributed by atoms with E-state index >= 15 is 0 Å². The van der Waals surface area contributed by atoms with Crippen molar-refractivity contribution in [2.75, 3.05) is 26.2 Å². The Bertz CT molecular complexity index is 1080. The van der Waals surface area contributed by atoms with E-state index in [1.54, 1.807) is 4.90 Å². The highest BCUT2D eigenvalue weighted by molar-refractivity contribution is 6.33. The minimum Gasteiger partial charge on any atom is -0.323 e. The number of hydrogen-bond donors (Lipinski definition) is 0. The highest BCUT2D eigenvalue weighted by Gasteiger charge is 2.42. The van der Waals surface area contributed by atoms with Gasteiger partial charge in [0.15, 0.2) is 5.78 Å². The highest BCUT2D eigenvalue weighted by atomic mass is 35.5. The number of benzene rings is 1. The molecule has 0 saturated carbocycles. The number of ketones is 1. The topological polar surface area (TPSA) is 58.4 Å². The summed E-state index contributed by atoms with van der Waals surface area (Å²) in [7, 11) is 0. The molecule has 0 atom stereocenters. The average molecular weight is 503 g/mol. The van der Waals surface area contributed by atoms with Crippen molar-refractivity contribution in [3.63, 3.8) is 0 Å². The number of amides is 1. The summed E-state index contributed by atoms with van der Waals surface area (Å²) in [5, 5.41) is 4.42. The van der Waals surface area contributed by atoms with Crippen LogP contribution in [0.4, 0.5) is 18.0 Å². The fourth-order valence-electron chi connectivity index (χ4n) is 4.79. The predicted octanol–water partition coefficient (Wildman–Crippen LogP) is 5.37. The Hall–Kier alpha value is -2.10. The smallest absolute Gasteiger partial charge is 0.323 e. The third-order valence-corrected chi connectivity index (χ3v) is 7.09. The van der Waals surface area contributed by atoms with Gasteiger partial charge in [0.2, 0.25) is 0 Å². The summed E-state index contributed by atoms with van der Waals surface area (Å²) in [5.41, 5.74) is -0.461. The lowest BCUT2D eigenvalue weighted by molar-refractivity contribution is -0.138. The summed E-state index contributed by atoms with van der Waals surface area (Å²) >= 11 is 12.0. The fourth-order valence-corrected chi connectivity index (χ4v) is 5.25. The average Bonchev–Trinajstić information content (AvgIpc) is 3.31. The first-order valence-electron chi connectivity index (χ1n) is 10.6. The quantitative estimate of drug-likeness (QED) is 0.529. The van der Waals surface area contributed by atoms with Crippen LogP contribution in [0, 0.1) is 5.41 Å². The van der Waals surface area contributed by atoms with Gasteiger partial charge >= 0.3 is 12.2 Å². The minimum atomic E-state index is -4.43. The number of likely N-dealkylation sites (tertiary alicyclic amines) is 2. The SMILES string of the molecule is CC(=O)c1nn(C(=O)N2CCC3(CCN(Cc4cc(Cl)ccc4C(F)(F)F)C3)CC2)cc1Cl. The minimum absolute atomic E-state index is 0.0416. The molecule has 2 aromatic rings. The number of alkyl halides is 3. The molecule has 11 heteroatoms. The van der Waals surface area contributed by atoms with Gasteiger partial charge in [0.05, 0.1) is 16.8 Å². The first-order valence-corrected chi connectivity index (χ1v) is 11.4. The van der Waals surface area contributed by atoms with E-state index in [0.717, 1.165) is 30.0 Å². The Morgan fingerprint density at radius 1 is 1.12 bits per heavy atom. The molecule has 0 aliphatic carbocycles. The van der Waals surface area contributed by atoms with Crippen LogP contribution < -0.4 is 0 Å². The summed E-state index contributed by atoms with van der Waals surface area (Å²) in [5.74, 6) is -0.316. The molecule has 2 fully saturated rings. The number of nitrogens with zero attached hydrogens (tertiary/aromatic N) is 4. The second kappa shape index (κ2) is 8.92. The third-order valence-electron chi connectivity index (χ3n) is 6.58. The molecule has 0 radical (unpaired) electrons. The van der Waals surface area contributed by atoms with E-state index in [0.29, 0.717) is 26.2 Å². The van der Waals surface area contributed by atoms with E-state index in [1.165, 1.54) is 25.3 Å². The molecule has 4 rings (SSSR count). The number of Topliss-reactive ketones (excluding diaryl/α,β-unsaturated/α-hetero) is 1. The van der Waals surface area contributed by atoms with E-state index in [-0.39, 0.29) is 45.1 Å². The van der Waals surface area contributed by atoms with Gasteiger partial charge < -0.3 is 4.90 Å². The molecule has 1 aromatic heterocycles. The van der Waals surface area contributed by atoms with Crippen LogP contribution in [-0.4, -0.2) is 57.6 Å². The first kappa shape index (κ1) is 24.0. The molecule has 2 saturated heterocycles. The van der Waals surface area contributed by atoms with Crippen molar-refractivity contribution in [2.45, 2.75) is 38.9 Å². The van der Waals surface area contributed by atoms with Gasteiger partial charge in [0.1, 0.15) is 5.69 Å². The molecule has 0 bridgehead atoms. The largest absolute Gasteiger partial charge is 0.416 e. The van der Waals surface area contributed by atoms with Crippen molar-refractivity contribution in [1.29, 1.82) is 0 Å². The first-order chi connectivity index (χ1) is 15.5. The zero-order valence-electron chi connectivity index (χ0n) is 18.0. The van der Waals surface area contributed by atoms with Gasteiger partial charge in [-0.15, -0.1) is 0 Å². The van der Waals surface area contributed by atoms with Crippen LogP contribution in [0.2, 0.25) is 10.0 Å². The third kappa shape index (κ3) is 5.05. The molecular weight excluding hydrogens is 480 g/mol. The number of hydrogen-bond acceptors (Lipinski definition) is 4. The molecule has 33 heavy (non-hydrogen) atoms. The molecule has 1 spiro atoms. The molecule has 0 unspecified atom stereocenters. The van der Waals surface area contributed by atoms with E-state index in [9.17, 15) is 22.8 Å². The molecule has 1 aromatic carbocycles. The number of aromatic nitrogens is 2. The second-order valence-corrected chi connectivity index (χ2v) is 9.70. The molecule has 6 nitrogen and oxygen atoms in total. The Labute approximate surface area is 199 Å². The number of rotatable bonds is 3. The van der Waals surface area contributed by atoms with Crippen molar-refractivity contribution < 1.29 is 22.8 Å². The molecule has 3 heterocycles. The lowest BCUT2D eigenvalue weighted by Crippen LogP contribution is -2.45. The van der Waals surface area contributed by atoms with Crippen LogP contribution in [-0.2, 0) is 12.7 Å². The maximum Gasteiger partial charge on any atom is 0.416 e. The van der Waals surface area contributed by atoms with Crippen LogP contribution in [0.1, 0.15) is 47.8 Å². The summed E-state index contributed by atoms with van der Waals surface area (Å²) < 4.78 is 41.3. The van der Waals surface area contributed by atoms with E-state index in [1.807, 2.05) is 4.90 Å². The van der Waals surface area contributed by atoms with Crippen molar-refractivity contribution in [3.05, 3.63) is 51.3 Å². The van der Waals surface area contributed by atoms with Gasteiger partial charge in [0, 0.05) is 38.1 Å². The van der Waals surface area contributed by atoms with Gasteiger partial charge in [-0.1, -0.05) is 23.2 Å². The summed E-state index contributed by atoms with van der Waals surface area (Å²) in [6.07, 6.45) is -0.748. The van der Waals surface area contributed by atoms with Crippen LogP contribution in [0.3, 0.4) is 0 Å². The Morgan fingerprint density at radius 2 is 1.79 bits per heavy atom. The van der Waals surface area contributed by atoms with Gasteiger partial charge in [0.25, 0.3) is 0 Å². The van der Waals surface area contributed by atoms with E-state index < -0.39 is 11.7 Å². The number of halogens is 5. The van der Waals surface area contributed by atoms with Gasteiger partial charge in [-0.05, 0) is 55.0 Å². The zero-order valence-corrected chi connectivity index (χ0v) is 19.5. The highest BCUT2D eigenvalue weighted by Crippen LogP contribution is 2.42. The van der Waals surface area contributed by atoms with E-state index in [2.05, 4.69) is 5.10 Å². The summed E-state index contributed by atoms with van der Waals surface area (Å²) in [6, 6.07) is 3.34. The van der Waals surface area contributed by atoms with Crippen molar-refractivity contribution in [1.82, 2.24) is 19.6 Å². The molecule has 2 aliphatic rings. The molecule has 1 amide bonds. The summed E-state index contributed by atoms with van der Waals surface area (Å²) in [6.45, 7) is 3.88. The van der Waals surface area contributed by atoms with Crippen molar-refractivity contribution in [2.24, 2.45) is 5.41 Å². The molecule has 178 valence electrons. The van der Waals surface area contributed by atoms with Gasteiger partial charge in [-0.2, -0.15) is 23.0 Å². The standard InChI is InChI=1S/C22H23Cl2F3N4O2/c1-14(32)19-18(24)12-31(28-19)20(33)30-8-5-21(6-9-30)4-7-29(13-21)11-15-10-16(23)2-3-17(15)22(25,26)27/h2-3,10,12H,4-9,11,13H2,1H3. The van der Waals surface area contributed by atoms with Crippen molar-refractivity contribution in [3.8, 4) is 0 Å². The van der Waals surface area contributed by atoms with Crippen LogP contribution in [0.5, 0.6) is 0 Å². The van der Waals surface area contributed by atoms with Gasteiger partial charge in [-0.3, -0.25) is 9.69 Å². The lowest BCUT2D eigenvalue weighted by Gasteiger charge is -2.39. The molecule has 0 N–H and O–H groups in total. The number of piperidine rings is 1. The van der Waals surface area contributed by atoms with Crippen molar-refractivity contribution >= 4 is 35.0 Å². The number of carbonyl (C=O) groups is 2. The van der Waals surface area contributed by atoms with Crippen LogP contribution in [0.15, 0.2) is 24.4 Å². The Kier molecular flexibility index (Phi) is 6.50. The predicted molar refractivity (Wildman–Crippen MR) is 118 cm³/mol. The maximum absolute atomic E-state index is 13.4. The Balaban J connectivity index is 1.39. The molecular formula is C22H23Cl2F3N4O2. The normalized spacial score (nSPS) is 18.8. The monoisotopic (exact) mass is 502 g/mol. The summed E-state index contributed by atoms with van der Waals surface area (Å²) in [4.78, 5) is 28.0. The van der Waals surface area contributed by atoms with E-state index in [4.69, 9.17) is 23.2 Å². The maximum atomic E-state index is 13.4. The van der Waals surface area contributed by atoms with Gasteiger partial charge in [-0.25, -0.2) is 4.79 Å². The van der Waals surface area contributed by atoms with Crippen LogP contribution in [0.25, 0.3) is 0 Å². The fraction of sp³-hybridized carbons (Fsp3) is 0.500. The zero-order chi connectivity index (χ0) is 24.0.